The van der Waals surface area contributed by atoms with E-state index in [4.69, 9.17) is 9.15 Å². The Bertz CT molecular complexity index is 976. The summed E-state index contributed by atoms with van der Waals surface area (Å²) in [6.45, 7) is -0.720. The minimum Gasteiger partial charge on any atom is -0.485 e. The van der Waals surface area contributed by atoms with Crippen LogP contribution in [0.4, 0.5) is 8.78 Å². The van der Waals surface area contributed by atoms with Crippen molar-refractivity contribution in [3.63, 3.8) is 0 Å². The van der Waals surface area contributed by atoms with Crippen molar-refractivity contribution in [3.8, 4) is 11.5 Å². The molecule has 0 amide bonds. The van der Waals surface area contributed by atoms with Crippen LogP contribution in [0.25, 0.3) is 6.08 Å². The first-order valence-electron chi connectivity index (χ1n) is 8.56. The number of rotatable bonds is 8. The highest BCUT2D eigenvalue weighted by atomic mass is 19.3. The summed E-state index contributed by atoms with van der Waals surface area (Å²) in [6.07, 6.45) is 2.83. The first kappa shape index (κ1) is 19.4. The van der Waals surface area contributed by atoms with E-state index in [0.717, 1.165) is 11.3 Å². The largest absolute Gasteiger partial charge is 0.485 e. The maximum absolute atomic E-state index is 12.3. The minimum absolute atomic E-state index is 0.0668. The van der Waals surface area contributed by atoms with Crippen LogP contribution < -0.4 is 9.47 Å². The van der Waals surface area contributed by atoms with E-state index >= 15 is 0 Å². The molecule has 0 saturated carbocycles. The number of aryl methyl sites for hydroxylation is 1. The second-order valence-corrected chi connectivity index (χ2v) is 5.96. The van der Waals surface area contributed by atoms with Gasteiger partial charge in [0.15, 0.2) is 5.78 Å². The smallest absolute Gasteiger partial charge is 0.387 e. The number of para-hydroxylation sites is 1. The molecule has 0 N–H and O–H groups in total. The molecule has 28 heavy (non-hydrogen) atoms. The van der Waals surface area contributed by atoms with Gasteiger partial charge in [0.2, 0.25) is 0 Å². The Morgan fingerprint density at radius 3 is 2.71 bits per heavy atom. The molecular weight excluding hydrogens is 366 g/mol. The molecule has 0 fully saturated rings. The molecule has 2 aromatic carbocycles. The first-order chi connectivity index (χ1) is 13.5. The van der Waals surface area contributed by atoms with Crippen molar-refractivity contribution in [1.29, 1.82) is 0 Å². The number of furan rings is 1. The van der Waals surface area contributed by atoms with Gasteiger partial charge in [0, 0.05) is 5.56 Å². The second kappa shape index (κ2) is 8.99. The summed E-state index contributed by atoms with van der Waals surface area (Å²) in [5.41, 5.74) is 1.27. The van der Waals surface area contributed by atoms with Gasteiger partial charge in [-0.2, -0.15) is 8.78 Å². The molecule has 0 aliphatic rings. The van der Waals surface area contributed by atoms with Gasteiger partial charge in [-0.05, 0) is 55.0 Å². The van der Waals surface area contributed by atoms with E-state index in [9.17, 15) is 13.6 Å². The lowest BCUT2D eigenvalue weighted by Gasteiger charge is -2.06. The van der Waals surface area contributed by atoms with Crippen molar-refractivity contribution in [2.45, 2.75) is 20.1 Å². The third-order valence-corrected chi connectivity index (χ3v) is 3.89. The lowest BCUT2D eigenvalue weighted by molar-refractivity contribution is -0.0498. The van der Waals surface area contributed by atoms with Gasteiger partial charge in [-0.25, -0.2) is 0 Å². The Morgan fingerprint density at radius 1 is 1.11 bits per heavy atom. The predicted octanol–water partition coefficient (Wildman–Crippen LogP) is 5.66. The fraction of sp³-hybridized carbons (Fsp3) is 0.136. The van der Waals surface area contributed by atoms with Crippen LogP contribution in [0, 0.1) is 6.92 Å². The summed E-state index contributed by atoms with van der Waals surface area (Å²) in [5, 5.41) is 0. The molecule has 0 unspecified atom stereocenters. The van der Waals surface area contributed by atoms with Crippen molar-refractivity contribution in [3.05, 3.63) is 89.4 Å². The third kappa shape index (κ3) is 5.30. The molecule has 0 spiro atoms. The van der Waals surface area contributed by atoms with E-state index in [2.05, 4.69) is 4.74 Å². The van der Waals surface area contributed by atoms with Crippen LogP contribution in [-0.2, 0) is 6.61 Å². The molecule has 0 aliphatic carbocycles. The standard InChI is InChI=1S/C22H18F2O4/c1-15-5-2-3-8-21(15)26-14-19-10-9-17(27-19)11-12-20(25)16-6-4-7-18(13-16)28-22(23)24/h2-13,22H,14H2,1H3/b12-11+. The van der Waals surface area contributed by atoms with E-state index in [1.807, 2.05) is 31.2 Å². The van der Waals surface area contributed by atoms with Crippen LogP contribution in [0.2, 0.25) is 0 Å². The molecule has 0 bridgehead atoms. The van der Waals surface area contributed by atoms with Crippen LogP contribution in [0.3, 0.4) is 0 Å². The number of carbonyl (C=O) groups is 1. The highest BCUT2D eigenvalue weighted by molar-refractivity contribution is 6.06. The topological polar surface area (TPSA) is 48.7 Å². The lowest BCUT2D eigenvalue weighted by Crippen LogP contribution is -2.03. The molecule has 3 rings (SSSR count). The summed E-state index contributed by atoms with van der Waals surface area (Å²) < 4.78 is 40.2. The van der Waals surface area contributed by atoms with Gasteiger partial charge < -0.3 is 13.9 Å². The fourth-order valence-corrected chi connectivity index (χ4v) is 2.51. The van der Waals surface area contributed by atoms with Crippen molar-refractivity contribution in [1.82, 2.24) is 0 Å². The normalized spacial score (nSPS) is 11.1. The number of benzene rings is 2. The minimum atomic E-state index is -2.94. The fourth-order valence-electron chi connectivity index (χ4n) is 2.51. The molecule has 6 heteroatoms. The molecular formula is C22H18F2O4. The predicted molar refractivity (Wildman–Crippen MR) is 101 cm³/mol. The molecule has 1 heterocycles. The van der Waals surface area contributed by atoms with Crippen molar-refractivity contribution in [2.75, 3.05) is 0 Å². The number of halogens is 2. The van der Waals surface area contributed by atoms with Gasteiger partial charge >= 0.3 is 6.61 Å². The van der Waals surface area contributed by atoms with Crippen molar-refractivity contribution >= 4 is 11.9 Å². The maximum atomic E-state index is 12.3. The average molecular weight is 384 g/mol. The molecule has 144 valence electrons. The summed E-state index contributed by atoms with van der Waals surface area (Å²) in [6, 6.07) is 16.8. The highest BCUT2D eigenvalue weighted by Gasteiger charge is 2.08. The zero-order chi connectivity index (χ0) is 19.9. The van der Waals surface area contributed by atoms with Gasteiger partial charge in [-0.15, -0.1) is 0 Å². The first-order valence-corrected chi connectivity index (χ1v) is 8.56. The number of allylic oxidation sites excluding steroid dienone is 1. The van der Waals surface area contributed by atoms with Gasteiger partial charge in [-0.3, -0.25) is 4.79 Å². The quantitative estimate of drug-likeness (QED) is 0.371. The van der Waals surface area contributed by atoms with Crippen LogP contribution >= 0.6 is 0 Å². The summed E-state index contributed by atoms with van der Waals surface area (Å²) in [4.78, 5) is 12.2. The zero-order valence-corrected chi connectivity index (χ0v) is 15.1. The molecule has 0 saturated heterocycles. The SMILES string of the molecule is Cc1ccccc1OCc1ccc(/C=C/C(=O)c2cccc(OC(F)F)c2)o1. The van der Waals surface area contributed by atoms with E-state index in [0.29, 0.717) is 11.5 Å². The molecule has 0 aliphatic heterocycles. The van der Waals surface area contributed by atoms with E-state index in [1.165, 1.54) is 36.4 Å². The highest BCUT2D eigenvalue weighted by Crippen LogP contribution is 2.20. The van der Waals surface area contributed by atoms with Crippen LogP contribution in [-0.4, -0.2) is 12.4 Å². The summed E-state index contributed by atoms with van der Waals surface area (Å²) in [7, 11) is 0. The Hall–Kier alpha value is -3.41. The Kier molecular flexibility index (Phi) is 6.22. The molecule has 4 nitrogen and oxygen atoms in total. The average Bonchev–Trinajstić information content (AvgIpc) is 3.13. The van der Waals surface area contributed by atoms with Crippen LogP contribution in [0.5, 0.6) is 11.5 Å². The lowest BCUT2D eigenvalue weighted by atomic mass is 10.1. The second-order valence-electron chi connectivity index (χ2n) is 5.96. The Balaban J connectivity index is 1.60. The number of carbonyl (C=O) groups excluding carboxylic acids is 1. The molecule has 1 aromatic heterocycles. The van der Waals surface area contributed by atoms with E-state index in [1.54, 1.807) is 12.1 Å². The third-order valence-electron chi connectivity index (χ3n) is 3.89. The van der Waals surface area contributed by atoms with E-state index in [-0.39, 0.29) is 23.7 Å². The summed E-state index contributed by atoms with van der Waals surface area (Å²) >= 11 is 0. The number of alkyl halides is 2. The molecule has 0 radical (unpaired) electrons. The summed E-state index contributed by atoms with van der Waals surface area (Å²) in [5.74, 6) is 1.45. The molecule has 0 atom stereocenters. The van der Waals surface area contributed by atoms with E-state index < -0.39 is 6.61 Å². The number of ether oxygens (including phenoxy) is 2. The molecule has 3 aromatic rings. The monoisotopic (exact) mass is 384 g/mol. The van der Waals surface area contributed by atoms with Gasteiger partial charge in [0.25, 0.3) is 0 Å². The van der Waals surface area contributed by atoms with Crippen LogP contribution in [0.1, 0.15) is 27.4 Å². The van der Waals surface area contributed by atoms with Gasteiger partial charge in [0.05, 0.1) is 0 Å². The van der Waals surface area contributed by atoms with Crippen LogP contribution in [0.15, 0.2) is 71.2 Å². The van der Waals surface area contributed by atoms with Crippen molar-refractivity contribution in [2.24, 2.45) is 0 Å². The number of ketones is 1. The van der Waals surface area contributed by atoms with Gasteiger partial charge in [-0.1, -0.05) is 30.3 Å². The Labute approximate surface area is 161 Å². The number of hydrogen-bond donors (Lipinski definition) is 0. The zero-order valence-electron chi connectivity index (χ0n) is 15.1. The van der Waals surface area contributed by atoms with Crippen molar-refractivity contribution < 1.29 is 27.5 Å². The van der Waals surface area contributed by atoms with Gasteiger partial charge in [0.1, 0.15) is 29.6 Å². The number of hydrogen-bond acceptors (Lipinski definition) is 4. The Morgan fingerprint density at radius 2 is 1.93 bits per heavy atom. The maximum Gasteiger partial charge on any atom is 0.387 e.